The maximum absolute atomic E-state index is 13.4. The van der Waals surface area contributed by atoms with Crippen molar-refractivity contribution in [3.8, 4) is 23.0 Å². The van der Waals surface area contributed by atoms with Crippen LogP contribution in [0.15, 0.2) is 103 Å². The number of carbonyl (C=O) groups is 6. The molecular weight excluding hydrogens is 712 g/mol. The zero-order chi connectivity index (χ0) is 40.7. The van der Waals surface area contributed by atoms with Gasteiger partial charge in [0.1, 0.15) is 23.0 Å². The van der Waals surface area contributed by atoms with E-state index >= 15 is 0 Å². The molecule has 1 amide bonds. The molecule has 11 heteroatoms. The summed E-state index contributed by atoms with van der Waals surface area (Å²) in [7, 11) is 1.58. The van der Waals surface area contributed by atoms with Crippen LogP contribution in [0.4, 0.5) is 11.4 Å². The van der Waals surface area contributed by atoms with Gasteiger partial charge in [-0.05, 0) is 123 Å². The average molecular weight is 755 g/mol. The van der Waals surface area contributed by atoms with Crippen LogP contribution in [0.25, 0.3) is 0 Å². The van der Waals surface area contributed by atoms with Gasteiger partial charge in [0.15, 0.2) is 23.1 Å². The fourth-order valence-corrected chi connectivity index (χ4v) is 5.83. The number of hydrogen-bond acceptors (Lipinski definition) is 10. The zero-order valence-corrected chi connectivity index (χ0v) is 32.2. The van der Waals surface area contributed by atoms with Gasteiger partial charge in [0, 0.05) is 39.2 Å². The van der Waals surface area contributed by atoms with Gasteiger partial charge in [-0.3, -0.25) is 24.0 Å². The molecule has 0 fully saturated rings. The van der Waals surface area contributed by atoms with Crippen LogP contribution in [-0.2, 0) is 5.41 Å². The molecular formula is C45H42N2O9. The minimum Gasteiger partial charge on any atom is -0.496 e. The highest BCUT2D eigenvalue weighted by Gasteiger charge is 2.23. The van der Waals surface area contributed by atoms with Gasteiger partial charge in [-0.1, -0.05) is 26.8 Å². The second-order valence-electron chi connectivity index (χ2n) is 14.1. The number of ether oxygens (including phenoxy) is 3. The summed E-state index contributed by atoms with van der Waals surface area (Å²) in [6.07, 6.45) is 0. The summed E-state index contributed by atoms with van der Waals surface area (Å²) in [5.74, 6) is -0.476. The normalized spacial score (nSPS) is 10.9. The van der Waals surface area contributed by atoms with E-state index in [1.54, 1.807) is 73.8 Å². The maximum Gasteiger partial charge on any atom is 0.343 e. The van der Waals surface area contributed by atoms with Crippen molar-refractivity contribution in [2.24, 2.45) is 0 Å². The minimum absolute atomic E-state index is 0.0908. The van der Waals surface area contributed by atoms with E-state index in [-0.39, 0.29) is 57.1 Å². The van der Waals surface area contributed by atoms with Gasteiger partial charge >= 0.3 is 5.97 Å². The molecule has 0 unspecified atom stereocenters. The summed E-state index contributed by atoms with van der Waals surface area (Å²) in [6, 6.07) is 27.3. The molecule has 0 aliphatic rings. The van der Waals surface area contributed by atoms with E-state index in [4.69, 9.17) is 14.2 Å². The molecule has 0 heterocycles. The van der Waals surface area contributed by atoms with E-state index in [1.165, 1.54) is 57.2 Å². The number of anilines is 2. The molecule has 286 valence electrons. The van der Waals surface area contributed by atoms with E-state index in [0.29, 0.717) is 39.9 Å². The highest BCUT2D eigenvalue weighted by Crippen LogP contribution is 2.34. The molecule has 0 atom stereocenters. The third-order valence-corrected chi connectivity index (χ3v) is 8.83. The number of rotatable bonds is 14. The Labute approximate surface area is 325 Å². The quantitative estimate of drug-likeness (QED) is 0.0637. The van der Waals surface area contributed by atoms with E-state index in [9.17, 15) is 28.8 Å². The van der Waals surface area contributed by atoms with E-state index < -0.39 is 17.7 Å². The average Bonchev–Trinajstić information content (AvgIpc) is 3.17. The number of esters is 1. The lowest BCUT2D eigenvalue weighted by Gasteiger charge is -2.22. The molecule has 56 heavy (non-hydrogen) atoms. The predicted octanol–water partition coefficient (Wildman–Crippen LogP) is 9.16. The second-order valence-corrected chi connectivity index (χ2v) is 14.1. The third-order valence-electron chi connectivity index (χ3n) is 8.83. The Bertz CT molecular complexity index is 2340. The fraction of sp³-hybridized carbons (Fsp3) is 0.200. The molecule has 0 bridgehead atoms. The summed E-state index contributed by atoms with van der Waals surface area (Å²) in [6.45, 7) is 9.99. The molecule has 5 rings (SSSR count). The molecule has 5 aromatic rings. The Morgan fingerprint density at radius 3 is 1.66 bits per heavy atom. The summed E-state index contributed by atoms with van der Waals surface area (Å²) in [5.41, 5.74) is 2.68. The van der Waals surface area contributed by atoms with Crippen molar-refractivity contribution >= 4 is 46.4 Å². The number of Topliss-reactive ketones (excluding diaryl/α,β-unsaturated/α-hetero) is 4. The van der Waals surface area contributed by atoms with Crippen molar-refractivity contribution in [1.29, 1.82) is 0 Å². The van der Waals surface area contributed by atoms with Crippen LogP contribution in [0, 0.1) is 0 Å². The van der Waals surface area contributed by atoms with E-state index in [1.807, 2.05) is 20.8 Å². The molecule has 0 aliphatic heterocycles. The number of ketones is 4. The van der Waals surface area contributed by atoms with Crippen molar-refractivity contribution in [3.05, 3.63) is 142 Å². The summed E-state index contributed by atoms with van der Waals surface area (Å²) < 4.78 is 17.1. The van der Waals surface area contributed by atoms with Crippen LogP contribution in [0.2, 0.25) is 0 Å². The van der Waals surface area contributed by atoms with Crippen LogP contribution in [0.1, 0.15) is 109 Å². The molecule has 5 aromatic carbocycles. The molecule has 0 aromatic heterocycles. The Hall–Kier alpha value is -6.88. The van der Waals surface area contributed by atoms with Gasteiger partial charge in [-0.2, -0.15) is 0 Å². The Kier molecular flexibility index (Phi) is 12.3. The van der Waals surface area contributed by atoms with Crippen LogP contribution in [0.5, 0.6) is 23.0 Å². The van der Waals surface area contributed by atoms with Crippen LogP contribution in [-0.4, -0.2) is 48.7 Å². The maximum atomic E-state index is 13.4. The van der Waals surface area contributed by atoms with E-state index in [0.717, 1.165) is 5.56 Å². The fourth-order valence-electron chi connectivity index (χ4n) is 5.83. The number of hydrogen-bond donors (Lipinski definition) is 2. The molecule has 0 saturated heterocycles. The van der Waals surface area contributed by atoms with Gasteiger partial charge in [0.25, 0.3) is 5.91 Å². The third kappa shape index (κ3) is 9.80. The SMILES string of the molecule is COc1ccc(OC(=O)c2ccc(C(C)=O)c(C(=O)CNc3ccc(Oc4ccc(NC(=O)c5cc(C(C)=O)ccc5C(C)=O)cc4)cc3)c2)cc1C(C)(C)C. The molecule has 11 nitrogen and oxygen atoms in total. The zero-order valence-electron chi connectivity index (χ0n) is 32.2. The van der Waals surface area contributed by atoms with Crippen molar-refractivity contribution in [3.63, 3.8) is 0 Å². The van der Waals surface area contributed by atoms with E-state index in [2.05, 4.69) is 10.6 Å². The first kappa shape index (κ1) is 40.3. The smallest absolute Gasteiger partial charge is 0.343 e. The highest BCUT2D eigenvalue weighted by atomic mass is 16.5. The van der Waals surface area contributed by atoms with Crippen LogP contribution < -0.4 is 24.8 Å². The lowest BCUT2D eigenvalue weighted by Crippen LogP contribution is -2.19. The lowest BCUT2D eigenvalue weighted by atomic mass is 9.86. The lowest BCUT2D eigenvalue weighted by molar-refractivity contribution is 0.0733. The first-order chi connectivity index (χ1) is 26.5. The molecule has 0 spiro atoms. The minimum atomic E-state index is -0.679. The van der Waals surface area contributed by atoms with Gasteiger partial charge in [-0.15, -0.1) is 0 Å². The number of benzene rings is 5. The Morgan fingerprint density at radius 2 is 1.11 bits per heavy atom. The first-order valence-electron chi connectivity index (χ1n) is 17.7. The predicted molar refractivity (Wildman–Crippen MR) is 213 cm³/mol. The highest BCUT2D eigenvalue weighted by molar-refractivity contribution is 6.13. The molecule has 0 saturated carbocycles. The van der Waals surface area contributed by atoms with Crippen molar-refractivity contribution in [2.75, 3.05) is 24.3 Å². The van der Waals surface area contributed by atoms with Crippen molar-refractivity contribution in [1.82, 2.24) is 0 Å². The van der Waals surface area contributed by atoms with Gasteiger partial charge in [0.2, 0.25) is 0 Å². The summed E-state index contributed by atoms with van der Waals surface area (Å²) >= 11 is 0. The largest absolute Gasteiger partial charge is 0.496 e. The number of amides is 1. The van der Waals surface area contributed by atoms with Crippen molar-refractivity contribution < 1.29 is 43.0 Å². The number of methoxy groups -OCH3 is 1. The number of nitrogens with one attached hydrogen (secondary N) is 2. The van der Waals surface area contributed by atoms with Crippen LogP contribution in [0.3, 0.4) is 0 Å². The molecule has 2 N–H and O–H groups in total. The second kappa shape index (κ2) is 17.1. The van der Waals surface area contributed by atoms with Crippen molar-refractivity contribution in [2.45, 2.75) is 47.0 Å². The molecule has 0 radical (unpaired) electrons. The summed E-state index contributed by atoms with van der Waals surface area (Å²) in [4.78, 5) is 76.0. The molecule has 0 aliphatic carbocycles. The van der Waals surface area contributed by atoms with Gasteiger partial charge in [-0.25, -0.2) is 4.79 Å². The number of carbonyl (C=O) groups excluding carboxylic acids is 6. The van der Waals surface area contributed by atoms with Gasteiger partial charge < -0.3 is 24.8 Å². The topological polar surface area (TPSA) is 154 Å². The van der Waals surface area contributed by atoms with Crippen LogP contribution >= 0.6 is 0 Å². The Balaban J connectivity index is 1.20. The monoisotopic (exact) mass is 754 g/mol. The summed E-state index contributed by atoms with van der Waals surface area (Å²) in [5, 5.41) is 5.81. The Morgan fingerprint density at radius 1 is 0.571 bits per heavy atom. The van der Waals surface area contributed by atoms with Gasteiger partial charge in [0.05, 0.1) is 24.8 Å². The standard InChI is InChI=1S/C45H42N2O9/c1-26(48)29-8-19-37(28(3)50)39(22-29)43(52)47-32-12-16-34(17-13-32)55-33-14-10-31(11-15-33)46-25-41(51)38-23-30(9-20-36(38)27(2)49)44(53)56-35-18-21-42(54-7)40(24-35)45(4,5)6/h8-24,46H,25H2,1-7H3,(H,47,52). The first-order valence-corrected chi connectivity index (χ1v) is 17.7.